The van der Waals surface area contributed by atoms with Gasteiger partial charge in [-0.25, -0.2) is 13.4 Å². The fourth-order valence-corrected chi connectivity index (χ4v) is 7.32. The molecule has 208 valence electrons. The van der Waals surface area contributed by atoms with E-state index in [1.165, 1.54) is 0 Å². The van der Waals surface area contributed by atoms with Crippen molar-refractivity contribution in [3.8, 4) is 28.8 Å². The second-order valence-electron chi connectivity index (χ2n) is 11.0. The molecule has 6 rings (SSSR count). The number of carbonyl (C=O) groups excluding carboxylic acids is 1. The zero-order chi connectivity index (χ0) is 27.9. The summed E-state index contributed by atoms with van der Waals surface area (Å²) in [5.74, 6) is 0.530. The molecule has 0 radical (unpaired) electrons. The van der Waals surface area contributed by atoms with Crippen LogP contribution in [0.2, 0.25) is 5.02 Å². The van der Waals surface area contributed by atoms with Crippen molar-refractivity contribution in [3.05, 3.63) is 59.3 Å². The van der Waals surface area contributed by atoms with Crippen molar-refractivity contribution in [2.75, 3.05) is 29.5 Å². The third-order valence-corrected chi connectivity index (χ3v) is 10.3. The second-order valence-corrected chi connectivity index (χ2v) is 13.8. The lowest BCUT2D eigenvalue weighted by molar-refractivity contribution is -0.127. The Morgan fingerprint density at radius 2 is 1.73 bits per heavy atom. The first kappa shape index (κ1) is 26.9. The lowest BCUT2D eigenvalue weighted by Crippen LogP contribution is -2.42. The fourth-order valence-electron chi connectivity index (χ4n) is 5.91. The van der Waals surface area contributed by atoms with Gasteiger partial charge in [0.2, 0.25) is 11.8 Å². The van der Waals surface area contributed by atoms with E-state index in [9.17, 15) is 18.5 Å². The Morgan fingerprint density at radius 1 is 1.05 bits per heavy atom. The van der Waals surface area contributed by atoms with Gasteiger partial charge in [0.15, 0.2) is 9.84 Å². The first-order chi connectivity index (χ1) is 19.3. The molecule has 40 heavy (non-hydrogen) atoms. The SMILES string of the molecule is N#CC1(NC(=O)[C@@H]2CCCC[C@H]2c2oc(-c3ccccc3Cl)nc2-c2ccccc2N2CCS(=O)(=O)CC2)CC1. The average Bonchev–Trinajstić information content (AvgIpc) is 3.60. The van der Waals surface area contributed by atoms with Crippen molar-refractivity contribution in [1.29, 1.82) is 5.26 Å². The molecule has 2 atom stereocenters. The number of oxazole rings is 1. The van der Waals surface area contributed by atoms with E-state index in [1.54, 1.807) is 6.07 Å². The van der Waals surface area contributed by atoms with Gasteiger partial charge in [-0.1, -0.05) is 54.8 Å². The normalized spacial score (nSPS) is 23.2. The van der Waals surface area contributed by atoms with Gasteiger partial charge in [0, 0.05) is 36.2 Å². The van der Waals surface area contributed by atoms with Gasteiger partial charge < -0.3 is 14.6 Å². The fraction of sp³-hybridized carbons (Fsp3) is 0.433. The van der Waals surface area contributed by atoms with E-state index in [4.69, 9.17) is 21.0 Å². The van der Waals surface area contributed by atoms with Crippen molar-refractivity contribution >= 4 is 33.0 Å². The summed E-state index contributed by atoms with van der Waals surface area (Å²) in [5.41, 5.74) is 2.28. The molecule has 1 amide bonds. The van der Waals surface area contributed by atoms with Crippen LogP contribution in [0.3, 0.4) is 0 Å². The van der Waals surface area contributed by atoms with Gasteiger partial charge in [0.05, 0.1) is 28.2 Å². The highest BCUT2D eigenvalue weighted by Crippen LogP contribution is 2.46. The molecular weight excluding hydrogens is 548 g/mol. The van der Waals surface area contributed by atoms with Gasteiger partial charge in [-0.15, -0.1) is 0 Å². The number of amides is 1. The van der Waals surface area contributed by atoms with E-state index in [-0.39, 0.29) is 29.2 Å². The van der Waals surface area contributed by atoms with Crippen LogP contribution >= 0.6 is 11.6 Å². The summed E-state index contributed by atoms with van der Waals surface area (Å²) in [6, 6.07) is 17.5. The van der Waals surface area contributed by atoms with Crippen LogP contribution in [0.5, 0.6) is 0 Å². The minimum absolute atomic E-state index is 0.101. The number of aromatic nitrogens is 1. The number of nitrogens with zero attached hydrogens (tertiary/aromatic N) is 3. The van der Waals surface area contributed by atoms with Crippen LogP contribution in [0, 0.1) is 17.2 Å². The molecule has 2 aromatic carbocycles. The number of nitrogens with one attached hydrogen (secondary N) is 1. The van der Waals surface area contributed by atoms with E-state index in [0.29, 0.717) is 60.3 Å². The van der Waals surface area contributed by atoms with Crippen LogP contribution in [-0.4, -0.2) is 49.4 Å². The zero-order valence-corrected chi connectivity index (χ0v) is 23.7. The Balaban J connectivity index is 1.44. The minimum atomic E-state index is -3.05. The Hall–Kier alpha value is -3.35. The largest absolute Gasteiger partial charge is 0.440 e. The van der Waals surface area contributed by atoms with Gasteiger partial charge in [-0.3, -0.25) is 4.79 Å². The third kappa shape index (κ3) is 5.23. The lowest BCUT2D eigenvalue weighted by atomic mass is 9.76. The lowest BCUT2D eigenvalue weighted by Gasteiger charge is -2.32. The van der Waals surface area contributed by atoms with Crippen LogP contribution in [-0.2, 0) is 14.6 Å². The van der Waals surface area contributed by atoms with E-state index in [1.807, 2.05) is 42.5 Å². The predicted molar refractivity (Wildman–Crippen MR) is 154 cm³/mol. The maximum Gasteiger partial charge on any atom is 0.228 e. The molecule has 0 spiro atoms. The molecule has 3 aliphatic rings. The smallest absolute Gasteiger partial charge is 0.228 e. The van der Waals surface area contributed by atoms with Gasteiger partial charge in [0.1, 0.15) is 17.0 Å². The number of rotatable bonds is 6. The Morgan fingerprint density at radius 3 is 2.42 bits per heavy atom. The quantitative estimate of drug-likeness (QED) is 0.419. The third-order valence-electron chi connectivity index (χ3n) is 8.37. The highest BCUT2D eigenvalue weighted by Gasteiger charge is 2.47. The summed E-state index contributed by atoms with van der Waals surface area (Å²) in [5, 5.41) is 13.1. The van der Waals surface area contributed by atoms with E-state index < -0.39 is 15.4 Å². The van der Waals surface area contributed by atoms with Crippen molar-refractivity contribution in [3.63, 3.8) is 0 Å². The molecule has 8 nitrogen and oxygen atoms in total. The van der Waals surface area contributed by atoms with E-state index >= 15 is 0 Å². The number of anilines is 1. The Labute approximate surface area is 239 Å². The van der Waals surface area contributed by atoms with E-state index in [2.05, 4.69) is 16.3 Å². The van der Waals surface area contributed by atoms with Crippen molar-refractivity contribution in [1.82, 2.24) is 10.3 Å². The number of hydrogen-bond donors (Lipinski definition) is 1. The minimum Gasteiger partial charge on any atom is -0.440 e. The summed E-state index contributed by atoms with van der Waals surface area (Å²) in [6.45, 7) is 0.795. The summed E-state index contributed by atoms with van der Waals surface area (Å²) in [6.07, 6.45) is 4.68. The molecule has 1 aliphatic heterocycles. The Kier molecular flexibility index (Phi) is 7.09. The van der Waals surface area contributed by atoms with Crippen LogP contribution in [0.15, 0.2) is 52.9 Å². The van der Waals surface area contributed by atoms with Gasteiger partial charge in [0.25, 0.3) is 0 Å². The molecule has 2 aliphatic carbocycles. The molecule has 2 saturated carbocycles. The average molecular weight is 579 g/mol. The van der Waals surface area contributed by atoms with Crippen LogP contribution < -0.4 is 10.2 Å². The van der Waals surface area contributed by atoms with Crippen molar-refractivity contribution < 1.29 is 17.6 Å². The molecule has 3 aromatic rings. The molecule has 0 bridgehead atoms. The monoisotopic (exact) mass is 578 g/mol. The summed E-state index contributed by atoms with van der Waals surface area (Å²) >= 11 is 6.55. The molecule has 3 fully saturated rings. The van der Waals surface area contributed by atoms with Crippen molar-refractivity contribution in [2.24, 2.45) is 5.92 Å². The Bertz CT molecular complexity index is 1580. The molecule has 10 heteroatoms. The first-order valence-electron chi connectivity index (χ1n) is 13.8. The number of nitriles is 1. The van der Waals surface area contributed by atoms with Gasteiger partial charge in [-0.05, 0) is 43.9 Å². The topological polar surface area (TPSA) is 116 Å². The number of hydrogen-bond acceptors (Lipinski definition) is 7. The van der Waals surface area contributed by atoms with Gasteiger partial charge >= 0.3 is 0 Å². The molecule has 1 saturated heterocycles. The van der Waals surface area contributed by atoms with Crippen LogP contribution in [0.25, 0.3) is 22.7 Å². The van der Waals surface area contributed by atoms with Crippen LogP contribution in [0.4, 0.5) is 5.69 Å². The number of benzene rings is 2. The zero-order valence-electron chi connectivity index (χ0n) is 22.1. The number of halogens is 1. The number of para-hydroxylation sites is 1. The summed E-state index contributed by atoms with van der Waals surface area (Å²) < 4.78 is 30.8. The highest BCUT2D eigenvalue weighted by atomic mass is 35.5. The maximum absolute atomic E-state index is 13.5. The highest BCUT2D eigenvalue weighted by molar-refractivity contribution is 7.91. The second kappa shape index (κ2) is 10.6. The maximum atomic E-state index is 13.5. The predicted octanol–water partition coefficient (Wildman–Crippen LogP) is 5.34. The van der Waals surface area contributed by atoms with Crippen molar-refractivity contribution in [2.45, 2.75) is 50.0 Å². The molecule has 0 unspecified atom stereocenters. The van der Waals surface area contributed by atoms with Gasteiger partial charge in [-0.2, -0.15) is 5.26 Å². The van der Waals surface area contributed by atoms with Crippen LogP contribution in [0.1, 0.15) is 50.2 Å². The first-order valence-corrected chi connectivity index (χ1v) is 16.0. The number of sulfone groups is 1. The van der Waals surface area contributed by atoms with E-state index in [0.717, 1.165) is 30.5 Å². The summed E-state index contributed by atoms with van der Waals surface area (Å²) in [7, 11) is -3.05. The molecular formula is C30H31ClN4O4S. The summed E-state index contributed by atoms with van der Waals surface area (Å²) in [4.78, 5) is 20.6. The molecule has 2 heterocycles. The standard InChI is InChI=1S/C30H31ClN4O4S/c31-24-11-5-3-9-22(24)29-33-26(23-10-4-6-12-25(23)35-15-17-40(37,38)18-16-35)27(39-29)20-7-1-2-8-21(20)28(36)34-30(19-32)13-14-30/h3-6,9-12,20-21H,1-2,7-8,13-18H2,(H,34,36)/t20-,21-/m1/s1. The molecule has 1 N–H and O–H groups in total. The molecule has 1 aromatic heterocycles. The number of carbonyl (C=O) groups is 1.